The molecule has 122 valence electrons. The molecule has 0 N–H and O–H groups in total. The minimum Gasteiger partial charge on any atom is -0.422 e. The molecule has 0 amide bonds. The molecule has 2 heterocycles. The van der Waals surface area contributed by atoms with E-state index < -0.39 is 5.97 Å². The van der Waals surface area contributed by atoms with Crippen LogP contribution in [0.3, 0.4) is 0 Å². The normalized spacial score (nSPS) is 10.8. The SMILES string of the molecule is O=C(Oc1ccccc1-c1ccc(Cl)cc1)c1cccn2ccnc12. The van der Waals surface area contributed by atoms with Gasteiger partial charge in [-0.1, -0.05) is 41.9 Å². The first kappa shape index (κ1) is 15.4. The number of benzene rings is 2. The van der Waals surface area contributed by atoms with Crippen molar-refractivity contribution in [2.75, 3.05) is 0 Å². The number of hydrogen-bond donors (Lipinski definition) is 0. The van der Waals surface area contributed by atoms with Crippen LogP contribution in [0, 0.1) is 0 Å². The van der Waals surface area contributed by atoms with Crippen LogP contribution in [0.25, 0.3) is 16.8 Å². The van der Waals surface area contributed by atoms with Gasteiger partial charge >= 0.3 is 5.97 Å². The summed E-state index contributed by atoms with van der Waals surface area (Å²) in [5, 5.41) is 0.657. The van der Waals surface area contributed by atoms with Crippen LogP contribution in [-0.2, 0) is 0 Å². The second-order valence-electron chi connectivity index (χ2n) is 5.47. The van der Waals surface area contributed by atoms with Crippen LogP contribution >= 0.6 is 11.6 Å². The fraction of sp³-hybridized carbons (Fsp3) is 0. The zero-order valence-electron chi connectivity index (χ0n) is 13.1. The molecule has 0 atom stereocenters. The van der Waals surface area contributed by atoms with Gasteiger partial charge in [-0.3, -0.25) is 0 Å². The van der Waals surface area contributed by atoms with Crippen LogP contribution in [0.2, 0.25) is 5.02 Å². The number of nitrogens with zero attached hydrogens (tertiary/aromatic N) is 2. The predicted molar refractivity (Wildman–Crippen MR) is 97.0 cm³/mol. The molecule has 0 aliphatic rings. The highest BCUT2D eigenvalue weighted by Gasteiger charge is 2.16. The molecule has 0 fully saturated rings. The van der Waals surface area contributed by atoms with Crippen LogP contribution in [0.1, 0.15) is 10.4 Å². The summed E-state index contributed by atoms with van der Waals surface area (Å²) in [5.41, 5.74) is 2.73. The minimum absolute atomic E-state index is 0.415. The first-order chi connectivity index (χ1) is 12.2. The molecular formula is C20H13ClN2O2. The number of pyridine rings is 1. The zero-order valence-corrected chi connectivity index (χ0v) is 13.9. The van der Waals surface area contributed by atoms with E-state index in [0.29, 0.717) is 22.0 Å². The largest absolute Gasteiger partial charge is 0.422 e. The number of carbonyl (C=O) groups excluding carboxylic acids is 1. The number of aromatic nitrogens is 2. The molecule has 5 heteroatoms. The van der Waals surface area contributed by atoms with E-state index in [2.05, 4.69) is 4.98 Å². The van der Waals surface area contributed by atoms with Gasteiger partial charge in [0.1, 0.15) is 11.3 Å². The van der Waals surface area contributed by atoms with E-state index in [4.69, 9.17) is 16.3 Å². The lowest BCUT2D eigenvalue weighted by atomic mass is 10.0. The third kappa shape index (κ3) is 2.99. The maximum Gasteiger partial charge on any atom is 0.347 e. The van der Waals surface area contributed by atoms with Crippen molar-refractivity contribution in [1.29, 1.82) is 0 Å². The first-order valence-corrected chi connectivity index (χ1v) is 8.09. The Morgan fingerprint density at radius 1 is 0.960 bits per heavy atom. The fourth-order valence-corrected chi connectivity index (χ4v) is 2.81. The number of fused-ring (bicyclic) bond motifs is 1. The zero-order chi connectivity index (χ0) is 17.2. The number of esters is 1. The fourth-order valence-electron chi connectivity index (χ4n) is 2.69. The van der Waals surface area contributed by atoms with E-state index in [0.717, 1.165) is 11.1 Å². The van der Waals surface area contributed by atoms with Gasteiger partial charge in [0, 0.05) is 29.2 Å². The van der Waals surface area contributed by atoms with Crippen molar-refractivity contribution in [3.8, 4) is 16.9 Å². The summed E-state index contributed by atoms with van der Waals surface area (Å²) >= 11 is 5.95. The second-order valence-corrected chi connectivity index (χ2v) is 5.91. The average molecular weight is 349 g/mol. The van der Waals surface area contributed by atoms with E-state index in [1.54, 1.807) is 47.1 Å². The van der Waals surface area contributed by atoms with Crippen molar-refractivity contribution in [2.24, 2.45) is 0 Å². The molecule has 0 radical (unpaired) electrons. The van der Waals surface area contributed by atoms with Crippen molar-refractivity contribution < 1.29 is 9.53 Å². The quantitative estimate of drug-likeness (QED) is 0.391. The Kier molecular flexibility index (Phi) is 3.96. The van der Waals surface area contributed by atoms with Crippen LogP contribution in [0.4, 0.5) is 0 Å². The second kappa shape index (κ2) is 6.42. The molecule has 0 saturated carbocycles. The van der Waals surface area contributed by atoms with Gasteiger partial charge in [-0.25, -0.2) is 9.78 Å². The van der Waals surface area contributed by atoms with Gasteiger partial charge in [0.05, 0.1) is 0 Å². The summed E-state index contributed by atoms with van der Waals surface area (Å²) < 4.78 is 7.45. The molecule has 0 aliphatic heterocycles. The summed E-state index contributed by atoms with van der Waals surface area (Å²) in [6, 6.07) is 18.3. The number of halogens is 1. The molecule has 2 aromatic carbocycles. The topological polar surface area (TPSA) is 43.6 Å². The maximum absolute atomic E-state index is 12.7. The predicted octanol–water partition coefficient (Wildman–Crippen LogP) is 4.87. The lowest BCUT2D eigenvalue weighted by Crippen LogP contribution is -2.11. The lowest BCUT2D eigenvalue weighted by Gasteiger charge is -2.11. The number of para-hydroxylation sites is 1. The van der Waals surface area contributed by atoms with Crippen molar-refractivity contribution in [2.45, 2.75) is 0 Å². The van der Waals surface area contributed by atoms with Crippen molar-refractivity contribution >= 4 is 23.2 Å². The molecule has 4 rings (SSSR count). The van der Waals surface area contributed by atoms with Gasteiger partial charge < -0.3 is 9.14 Å². The maximum atomic E-state index is 12.7. The van der Waals surface area contributed by atoms with E-state index in [-0.39, 0.29) is 0 Å². The molecule has 4 aromatic rings. The van der Waals surface area contributed by atoms with Crippen LogP contribution < -0.4 is 4.74 Å². The van der Waals surface area contributed by atoms with Crippen LogP contribution in [0.5, 0.6) is 5.75 Å². The van der Waals surface area contributed by atoms with Crippen molar-refractivity contribution in [1.82, 2.24) is 9.38 Å². The Hall–Kier alpha value is -3.11. The Morgan fingerprint density at radius 2 is 1.76 bits per heavy atom. The number of hydrogen-bond acceptors (Lipinski definition) is 3. The Balaban J connectivity index is 1.70. The van der Waals surface area contributed by atoms with E-state index in [1.807, 2.05) is 36.5 Å². The average Bonchev–Trinajstić information content (AvgIpc) is 3.11. The number of carbonyl (C=O) groups is 1. The third-order valence-corrected chi connectivity index (χ3v) is 4.14. The number of ether oxygens (including phenoxy) is 1. The smallest absolute Gasteiger partial charge is 0.347 e. The summed E-state index contributed by atoms with van der Waals surface area (Å²) in [5.74, 6) is 0.0431. The minimum atomic E-state index is -0.446. The number of imidazole rings is 1. The highest BCUT2D eigenvalue weighted by atomic mass is 35.5. The van der Waals surface area contributed by atoms with Crippen LogP contribution in [-0.4, -0.2) is 15.4 Å². The molecule has 0 aliphatic carbocycles. The van der Waals surface area contributed by atoms with Gasteiger partial charge in [-0.2, -0.15) is 0 Å². The molecule has 0 spiro atoms. The molecular weight excluding hydrogens is 336 g/mol. The lowest BCUT2D eigenvalue weighted by molar-refractivity contribution is 0.0737. The summed E-state index contributed by atoms with van der Waals surface area (Å²) in [7, 11) is 0. The van der Waals surface area contributed by atoms with E-state index in [9.17, 15) is 4.79 Å². The summed E-state index contributed by atoms with van der Waals surface area (Å²) in [6.07, 6.45) is 5.27. The molecule has 4 nitrogen and oxygen atoms in total. The summed E-state index contributed by atoms with van der Waals surface area (Å²) in [6.45, 7) is 0. The van der Waals surface area contributed by atoms with Crippen molar-refractivity contribution in [3.05, 3.63) is 89.8 Å². The Morgan fingerprint density at radius 3 is 2.60 bits per heavy atom. The van der Waals surface area contributed by atoms with Gasteiger partial charge in [0.2, 0.25) is 0 Å². The molecule has 2 aromatic heterocycles. The monoisotopic (exact) mass is 348 g/mol. The molecule has 0 bridgehead atoms. The van der Waals surface area contributed by atoms with Gasteiger partial charge in [-0.15, -0.1) is 0 Å². The van der Waals surface area contributed by atoms with Gasteiger partial charge in [0.25, 0.3) is 0 Å². The van der Waals surface area contributed by atoms with Crippen LogP contribution in [0.15, 0.2) is 79.3 Å². The molecule has 0 unspecified atom stereocenters. The van der Waals surface area contributed by atoms with E-state index in [1.165, 1.54) is 0 Å². The van der Waals surface area contributed by atoms with Gasteiger partial charge in [-0.05, 0) is 35.9 Å². The number of rotatable bonds is 3. The summed E-state index contributed by atoms with van der Waals surface area (Å²) in [4.78, 5) is 16.9. The van der Waals surface area contributed by atoms with Gasteiger partial charge in [0.15, 0.2) is 5.65 Å². The highest BCUT2D eigenvalue weighted by Crippen LogP contribution is 2.31. The molecule has 0 saturated heterocycles. The molecule has 25 heavy (non-hydrogen) atoms. The first-order valence-electron chi connectivity index (χ1n) is 7.71. The van der Waals surface area contributed by atoms with E-state index >= 15 is 0 Å². The highest BCUT2D eigenvalue weighted by molar-refractivity contribution is 6.30. The Labute approximate surface area is 149 Å². The third-order valence-electron chi connectivity index (χ3n) is 3.88. The Bertz CT molecular complexity index is 1050. The standard InChI is InChI=1S/C20H13ClN2O2/c21-15-9-7-14(8-10-15)16-4-1-2-6-18(16)25-20(24)17-5-3-12-23-13-11-22-19(17)23/h1-13H. The van der Waals surface area contributed by atoms with Crippen molar-refractivity contribution in [3.63, 3.8) is 0 Å².